The van der Waals surface area contributed by atoms with Gasteiger partial charge in [-0.3, -0.25) is 4.21 Å². The van der Waals surface area contributed by atoms with Crippen LogP contribution >= 0.6 is 0 Å². The Morgan fingerprint density at radius 2 is 2.20 bits per heavy atom. The molecule has 82 valence electrons. The Kier molecular flexibility index (Phi) is 3.49. The van der Waals surface area contributed by atoms with E-state index in [1.807, 2.05) is 19.1 Å². The van der Waals surface area contributed by atoms with Crippen LogP contribution < -0.4 is 5.32 Å². The topological polar surface area (TPSA) is 42.0 Å². The quantitative estimate of drug-likeness (QED) is 0.822. The van der Waals surface area contributed by atoms with Crippen molar-refractivity contribution in [1.82, 2.24) is 10.3 Å². The summed E-state index contributed by atoms with van der Waals surface area (Å²) in [6.07, 6.45) is 3.72. The summed E-state index contributed by atoms with van der Waals surface area (Å²) in [6.45, 7) is 3.95. The average molecular weight is 224 g/mol. The molecule has 2 rings (SSSR count). The minimum absolute atomic E-state index is 0.278. The Morgan fingerprint density at radius 1 is 1.47 bits per heavy atom. The Bertz CT molecular complexity index is 361. The molecule has 1 aliphatic heterocycles. The van der Waals surface area contributed by atoms with Gasteiger partial charge in [0.1, 0.15) is 5.03 Å². The molecule has 1 fully saturated rings. The molecular weight excluding hydrogens is 208 g/mol. The molecule has 0 bridgehead atoms. The van der Waals surface area contributed by atoms with Crippen molar-refractivity contribution in [3.05, 3.63) is 23.9 Å². The molecule has 0 spiro atoms. The summed E-state index contributed by atoms with van der Waals surface area (Å²) in [5.74, 6) is 0. The monoisotopic (exact) mass is 224 g/mol. The molecule has 0 aliphatic carbocycles. The van der Waals surface area contributed by atoms with Crippen LogP contribution in [-0.4, -0.2) is 27.5 Å². The number of nitrogens with zero attached hydrogens (tertiary/aromatic N) is 1. The van der Waals surface area contributed by atoms with Crippen molar-refractivity contribution >= 4 is 10.8 Å². The number of pyridine rings is 1. The molecule has 15 heavy (non-hydrogen) atoms. The van der Waals surface area contributed by atoms with Crippen molar-refractivity contribution in [2.24, 2.45) is 0 Å². The number of aromatic nitrogens is 1. The summed E-state index contributed by atoms with van der Waals surface area (Å²) in [4.78, 5) is 4.19. The smallest absolute Gasteiger partial charge is 0.127 e. The van der Waals surface area contributed by atoms with Gasteiger partial charge < -0.3 is 5.32 Å². The predicted octanol–water partition coefficient (Wildman–Crippen LogP) is 1.25. The van der Waals surface area contributed by atoms with Gasteiger partial charge in [0.25, 0.3) is 0 Å². The number of rotatable bonds is 2. The lowest BCUT2D eigenvalue weighted by atomic mass is 10.2. The molecule has 0 radical (unpaired) electrons. The number of hydrogen-bond donors (Lipinski definition) is 1. The zero-order valence-corrected chi connectivity index (χ0v) is 9.72. The van der Waals surface area contributed by atoms with Crippen LogP contribution in [0.15, 0.2) is 23.4 Å². The fourth-order valence-corrected chi connectivity index (χ4v) is 3.27. The molecular formula is C11H16N2OS. The Morgan fingerprint density at radius 3 is 2.87 bits per heavy atom. The number of aryl methyl sites for hydroxylation is 1. The first-order valence-corrected chi connectivity index (χ1v) is 6.52. The van der Waals surface area contributed by atoms with Crippen LogP contribution in [0, 0.1) is 6.92 Å². The SMILES string of the molecule is Cc1ccnc([S@@](=O)C2CCNCC2)c1. The van der Waals surface area contributed by atoms with Gasteiger partial charge in [-0.1, -0.05) is 0 Å². The van der Waals surface area contributed by atoms with Gasteiger partial charge in [-0.2, -0.15) is 0 Å². The number of nitrogens with one attached hydrogen (secondary N) is 1. The maximum absolute atomic E-state index is 12.2. The molecule has 0 aromatic carbocycles. The number of piperidine rings is 1. The van der Waals surface area contributed by atoms with Crippen molar-refractivity contribution in [1.29, 1.82) is 0 Å². The Labute approximate surface area is 92.8 Å². The summed E-state index contributed by atoms with van der Waals surface area (Å²) >= 11 is 0. The first kappa shape index (κ1) is 10.8. The lowest BCUT2D eigenvalue weighted by Crippen LogP contribution is -2.33. The lowest BCUT2D eigenvalue weighted by Gasteiger charge is -2.21. The fraction of sp³-hybridized carbons (Fsp3) is 0.545. The molecule has 1 aromatic heterocycles. The summed E-state index contributed by atoms with van der Waals surface area (Å²) in [7, 11) is -0.931. The highest BCUT2D eigenvalue weighted by Gasteiger charge is 2.21. The van der Waals surface area contributed by atoms with Crippen LogP contribution in [0.25, 0.3) is 0 Å². The highest BCUT2D eigenvalue weighted by molar-refractivity contribution is 7.85. The van der Waals surface area contributed by atoms with Crippen LogP contribution in [0.5, 0.6) is 0 Å². The number of hydrogen-bond acceptors (Lipinski definition) is 3. The third kappa shape index (κ3) is 2.63. The standard InChI is InChI=1S/C11H16N2OS/c1-9-2-7-13-11(8-9)15(14)10-3-5-12-6-4-10/h2,7-8,10,12H,3-6H2,1H3/t15-/m0/s1. The third-order valence-electron chi connectivity index (χ3n) is 2.69. The summed E-state index contributed by atoms with van der Waals surface area (Å²) in [5.41, 5.74) is 1.13. The molecule has 1 N–H and O–H groups in total. The Balaban J connectivity index is 2.12. The third-order valence-corrected chi connectivity index (χ3v) is 4.40. The highest BCUT2D eigenvalue weighted by atomic mass is 32.2. The van der Waals surface area contributed by atoms with E-state index in [1.54, 1.807) is 6.20 Å². The van der Waals surface area contributed by atoms with E-state index >= 15 is 0 Å². The van der Waals surface area contributed by atoms with Crippen molar-refractivity contribution in [2.75, 3.05) is 13.1 Å². The minimum Gasteiger partial charge on any atom is -0.317 e. The first-order chi connectivity index (χ1) is 7.27. The first-order valence-electron chi connectivity index (χ1n) is 5.31. The van der Waals surface area contributed by atoms with Crippen molar-refractivity contribution in [3.63, 3.8) is 0 Å². The van der Waals surface area contributed by atoms with Crippen LogP contribution in [0.3, 0.4) is 0 Å². The fourth-order valence-electron chi connectivity index (χ4n) is 1.80. The molecule has 0 saturated carbocycles. The van der Waals surface area contributed by atoms with E-state index in [2.05, 4.69) is 10.3 Å². The van der Waals surface area contributed by atoms with E-state index < -0.39 is 10.8 Å². The van der Waals surface area contributed by atoms with E-state index in [9.17, 15) is 4.21 Å². The molecule has 1 saturated heterocycles. The van der Waals surface area contributed by atoms with Gasteiger partial charge in [-0.05, 0) is 50.6 Å². The van der Waals surface area contributed by atoms with Crippen molar-refractivity contribution in [3.8, 4) is 0 Å². The maximum Gasteiger partial charge on any atom is 0.127 e. The van der Waals surface area contributed by atoms with Crippen LogP contribution in [0.4, 0.5) is 0 Å². The summed E-state index contributed by atoms with van der Waals surface area (Å²) in [5, 5.41) is 4.29. The van der Waals surface area contributed by atoms with E-state index in [-0.39, 0.29) is 5.25 Å². The second-order valence-electron chi connectivity index (χ2n) is 3.92. The van der Waals surface area contributed by atoms with Gasteiger partial charge in [0, 0.05) is 11.4 Å². The molecule has 0 amide bonds. The summed E-state index contributed by atoms with van der Waals surface area (Å²) in [6, 6.07) is 3.86. The van der Waals surface area contributed by atoms with Crippen molar-refractivity contribution < 1.29 is 4.21 Å². The van der Waals surface area contributed by atoms with Gasteiger partial charge in [-0.15, -0.1) is 0 Å². The molecule has 1 atom stereocenters. The summed E-state index contributed by atoms with van der Waals surface area (Å²) < 4.78 is 12.2. The van der Waals surface area contributed by atoms with Gasteiger partial charge in [0.2, 0.25) is 0 Å². The van der Waals surface area contributed by atoms with Crippen LogP contribution in [0.2, 0.25) is 0 Å². The lowest BCUT2D eigenvalue weighted by molar-refractivity contribution is 0.519. The molecule has 0 unspecified atom stereocenters. The Hall–Kier alpha value is -0.740. The van der Waals surface area contributed by atoms with Crippen molar-refractivity contribution in [2.45, 2.75) is 30.0 Å². The molecule has 3 nitrogen and oxygen atoms in total. The van der Waals surface area contributed by atoms with E-state index in [4.69, 9.17) is 0 Å². The van der Waals surface area contributed by atoms with E-state index in [1.165, 1.54) is 0 Å². The predicted molar refractivity (Wildman–Crippen MR) is 61.3 cm³/mol. The molecule has 1 aromatic rings. The van der Waals surface area contributed by atoms with Gasteiger partial charge in [0.05, 0.1) is 10.8 Å². The maximum atomic E-state index is 12.2. The molecule has 2 heterocycles. The second-order valence-corrected chi connectivity index (χ2v) is 5.60. The van der Waals surface area contributed by atoms with E-state index in [0.29, 0.717) is 0 Å². The minimum atomic E-state index is -0.931. The van der Waals surface area contributed by atoms with E-state index in [0.717, 1.165) is 36.5 Å². The zero-order valence-electron chi connectivity index (χ0n) is 8.90. The van der Waals surface area contributed by atoms with Gasteiger partial charge in [-0.25, -0.2) is 4.98 Å². The highest BCUT2D eigenvalue weighted by Crippen LogP contribution is 2.17. The largest absolute Gasteiger partial charge is 0.317 e. The second kappa shape index (κ2) is 4.86. The van der Waals surface area contributed by atoms with Gasteiger partial charge in [0.15, 0.2) is 0 Å². The molecule has 1 aliphatic rings. The molecule has 4 heteroatoms. The van der Waals surface area contributed by atoms with Crippen LogP contribution in [-0.2, 0) is 10.8 Å². The zero-order chi connectivity index (χ0) is 10.7. The average Bonchev–Trinajstić information content (AvgIpc) is 2.29. The van der Waals surface area contributed by atoms with Crippen LogP contribution in [0.1, 0.15) is 18.4 Å². The normalized spacial score (nSPS) is 20.1. The van der Waals surface area contributed by atoms with Gasteiger partial charge >= 0.3 is 0 Å².